The van der Waals surface area contributed by atoms with Gasteiger partial charge in [0.15, 0.2) is 11.9 Å². The molecule has 0 spiro atoms. The molecule has 22 heavy (non-hydrogen) atoms. The topological polar surface area (TPSA) is 100 Å². The Balaban J connectivity index is 2.01. The van der Waals surface area contributed by atoms with Gasteiger partial charge in [-0.25, -0.2) is 9.78 Å². The smallest absolute Gasteiger partial charge is 0.334 e. The number of rotatable bonds is 3. The van der Waals surface area contributed by atoms with Crippen LogP contribution in [0.2, 0.25) is 5.02 Å². The van der Waals surface area contributed by atoms with E-state index in [1.807, 2.05) is 0 Å². The summed E-state index contributed by atoms with van der Waals surface area (Å²) in [6.45, 7) is 3.58. The molecule has 1 aromatic carbocycles. The summed E-state index contributed by atoms with van der Waals surface area (Å²) in [5.74, 6) is -0.490. The van der Waals surface area contributed by atoms with Gasteiger partial charge in [0.25, 0.3) is 0 Å². The zero-order chi connectivity index (χ0) is 15.9. The quantitative estimate of drug-likeness (QED) is 0.799. The van der Waals surface area contributed by atoms with E-state index in [9.17, 15) is 9.90 Å². The monoisotopic (exact) mass is 322 g/mol. The number of nitrogens with one attached hydrogen (secondary N) is 2. The number of ether oxygens (including phenoxy) is 1. The average Bonchev–Trinajstić information content (AvgIpc) is 3.06. The van der Waals surface area contributed by atoms with E-state index in [1.54, 1.807) is 32.0 Å². The third-order valence-electron chi connectivity index (χ3n) is 3.49. The van der Waals surface area contributed by atoms with Crippen molar-refractivity contribution in [2.75, 3.05) is 0 Å². The number of carbonyl (C=O) groups is 1. The second-order valence-corrected chi connectivity index (χ2v) is 5.99. The molecule has 0 radical (unpaired) electrons. The third kappa shape index (κ3) is 2.70. The molecule has 0 bridgehead atoms. The van der Waals surface area contributed by atoms with E-state index < -0.39 is 23.8 Å². The molecule has 2 atom stereocenters. The summed E-state index contributed by atoms with van der Waals surface area (Å²) in [4.78, 5) is 15.5. The lowest BCUT2D eigenvalue weighted by molar-refractivity contribution is -0.153. The number of hydrogen-bond donors (Lipinski definition) is 3. The fourth-order valence-electron chi connectivity index (χ4n) is 2.57. The Bertz CT molecular complexity index is 702. The standard InChI is InChI=1S/C14H15ClN4O3/c1-14(2)18-10(11(22-14)13(20)21)7-3-4-9(15)8(5-7)12-16-6-17-19-12/h3-6,10-11,18H,1-2H3,(H,20,21)(H,16,17,19). The summed E-state index contributed by atoms with van der Waals surface area (Å²) in [5, 5.41) is 19.6. The van der Waals surface area contributed by atoms with Gasteiger partial charge in [-0.05, 0) is 31.5 Å². The van der Waals surface area contributed by atoms with Gasteiger partial charge in [0.1, 0.15) is 12.1 Å². The molecular weight excluding hydrogens is 308 g/mol. The molecule has 3 rings (SSSR count). The van der Waals surface area contributed by atoms with E-state index in [0.717, 1.165) is 5.56 Å². The van der Waals surface area contributed by atoms with Crippen molar-refractivity contribution in [3.8, 4) is 11.4 Å². The first-order chi connectivity index (χ1) is 10.4. The normalized spacial score (nSPS) is 23.6. The molecule has 8 heteroatoms. The lowest BCUT2D eigenvalue weighted by Crippen LogP contribution is -2.34. The van der Waals surface area contributed by atoms with Crippen molar-refractivity contribution in [3.05, 3.63) is 35.1 Å². The SMILES string of the molecule is CC1(C)NC(c2ccc(Cl)c(-c3ncn[nH]3)c2)C(C(=O)O)O1. The minimum Gasteiger partial charge on any atom is -0.479 e. The van der Waals surface area contributed by atoms with Crippen LogP contribution in [0, 0.1) is 0 Å². The zero-order valence-electron chi connectivity index (χ0n) is 12.0. The number of carboxylic acid groups (broad SMARTS) is 1. The van der Waals surface area contributed by atoms with Crippen LogP contribution >= 0.6 is 11.6 Å². The van der Waals surface area contributed by atoms with Gasteiger partial charge in [0.05, 0.1) is 11.1 Å². The van der Waals surface area contributed by atoms with E-state index in [0.29, 0.717) is 16.4 Å². The highest BCUT2D eigenvalue weighted by Crippen LogP contribution is 2.35. The second kappa shape index (κ2) is 5.35. The third-order valence-corrected chi connectivity index (χ3v) is 3.82. The Hall–Kier alpha value is -1.96. The summed E-state index contributed by atoms with van der Waals surface area (Å²) in [6, 6.07) is 4.80. The molecule has 2 unspecified atom stereocenters. The molecule has 1 fully saturated rings. The van der Waals surface area contributed by atoms with Crippen LogP contribution in [-0.2, 0) is 9.53 Å². The van der Waals surface area contributed by atoms with Gasteiger partial charge in [-0.3, -0.25) is 10.4 Å². The fraction of sp³-hybridized carbons (Fsp3) is 0.357. The maximum atomic E-state index is 11.4. The maximum Gasteiger partial charge on any atom is 0.334 e. The van der Waals surface area contributed by atoms with Gasteiger partial charge in [-0.2, -0.15) is 5.10 Å². The minimum absolute atomic E-state index is 0.480. The largest absolute Gasteiger partial charge is 0.479 e. The van der Waals surface area contributed by atoms with Gasteiger partial charge in [-0.15, -0.1) is 0 Å². The number of halogens is 1. The second-order valence-electron chi connectivity index (χ2n) is 5.58. The number of aliphatic carboxylic acids is 1. The van der Waals surface area contributed by atoms with Gasteiger partial charge in [-0.1, -0.05) is 17.7 Å². The van der Waals surface area contributed by atoms with Crippen LogP contribution in [0.15, 0.2) is 24.5 Å². The first-order valence-corrected chi connectivity index (χ1v) is 7.09. The Morgan fingerprint density at radius 3 is 2.86 bits per heavy atom. The van der Waals surface area contributed by atoms with E-state index in [-0.39, 0.29) is 0 Å². The molecule has 3 N–H and O–H groups in total. The lowest BCUT2D eigenvalue weighted by Gasteiger charge is -2.18. The number of nitrogens with zero attached hydrogens (tertiary/aromatic N) is 2. The highest BCUT2D eigenvalue weighted by Gasteiger charge is 2.44. The number of H-pyrrole nitrogens is 1. The van der Waals surface area contributed by atoms with Crippen molar-refractivity contribution in [1.82, 2.24) is 20.5 Å². The number of hydrogen-bond acceptors (Lipinski definition) is 5. The number of aromatic nitrogens is 3. The molecular formula is C14H15ClN4O3. The van der Waals surface area contributed by atoms with Crippen LogP contribution in [0.3, 0.4) is 0 Å². The van der Waals surface area contributed by atoms with E-state index in [4.69, 9.17) is 16.3 Å². The number of benzene rings is 1. The lowest BCUT2D eigenvalue weighted by atomic mass is 9.99. The van der Waals surface area contributed by atoms with Gasteiger partial charge in [0.2, 0.25) is 0 Å². The van der Waals surface area contributed by atoms with Crippen molar-refractivity contribution in [3.63, 3.8) is 0 Å². The molecule has 1 aliphatic rings. The molecule has 1 saturated heterocycles. The van der Waals surface area contributed by atoms with Gasteiger partial charge in [0, 0.05) is 5.56 Å². The molecule has 0 amide bonds. The average molecular weight is 323 g/mol. The van der Waals surface area contributed by atoms with Gasteiger partial charge < -0.3 is 9.84 Å². The van der Waals surface area contributed by atoms with Crippen molar-refractivity contribution in [2.24, 2.45) is 0 Å². The predicted octanol–water partition coefficient (Wildman–Crippen LogP) is 1.98. The number of aromatic amines is 1. The van der Waals surface area contributed by atoms with E-state index >= 15 is 0 Å². The molecule has 0 aliphatic carbocycles. The summed E-state index contributed by atoms with van der Waals surface area (Å²) < 4.78 is 5.56. The fourth-order valence-corrected chi connectivity index (χ4v) is 2.78. The van der Waals surface area contributed by atoms with Crippen molar-refractivity contribution in [2.45, 2.75) is 31.7 Å². The van der Waals surface area contributed by atoms with Crippen LogP contribution in [0.1, 0.15) is 25.5 Å². The van der Waals surface area contributed by atoms with E-state index in [1.165, 1.54) is 6.33 Å². The summed E-state index contributed by atoms with van der Waals surface area (Å²) in [5.41, 5.74) is 0.695. The molecule has 116 valence electrons. The molecule has 0 saturated carbocycles. The Morgan fingerprint density at radius 2 is 2.23 bits per heavy atom. The van der Waals surface area contributed by atoms with Crippen molar-refractivity contribution >= 4 is 17.6 Å². The van der Waals surface area contributed by atoms with Crippen LogP contribution in [0.25, 0.3) is 11.4 Å². The first-order valence-electron chi connectivity index (χ1n) is 6.71. The molecule has 2 aromatic rings. The van der Waals surface area contributed by atoms with Crippen LogP contribution in [-0.4, -0.2) is 38.1 Å². The minimum atomic E-state index is -1.01. The summed E-state index contributed by atoms with van der Waals surface area (Å²) in [6.07, 6.45) is 0.414. The van der Waals surface area contributed by atoms with Crippen LogP contribution in [0.4, 0.5) is 0 Å². The molecule has 2 heterocycles. The Morgan fingerprint density at radius 1 is 1.45 bits per heavy atom. The highest BCUT2D eigenvalue weighted by atomic mass is 35.5. The Kier molecular flexibility index (Phi) is 3.64. The zero-order valence-corrected chi connectivity index (χ0v) is 12.8. The van der Waals surface area contributed by atoms with Crippen LogP contribution in [0.5, 0.6) is 0 Å². The molecule has 7 nitrogen and oxygen atoms in total. The molecule has 1 aromatic heterocycles. The summed E-state index contributed by atoms with van der Waals surface area (Å²) in [7, 11) is 0. The first kappa shape index (κ1) is 15.0. The predicted molar refractivity (Wildman–Crippen MR) is 79.3 cm³/mol. The maximum absolute atomic E-state index is 11.4. The Labute approximate surface area is 131 Å². The highest BCUT2D eigenvalue weighted by molar-refractivity contribution is 6.33. The van der Waals surface area contributed by atoms with Crippen LogP contribution < -0.4 is 5.32 Å². The number of carboxylic acids is 1. The van der Waals surface area contributed by atoms with Crippen molar-refractivity contribution in [1.29, 1.82) is 0 Å². The van der Waals surface area contributed by atoms with E-state index in [2.05, 4.69) is 20.5 Å². The molecule has 1 aliphatic heterocycles. The summed E-state index contributed by atoms with van der Waals surface area (Å²) >= 11 is 6.19. The van der Waals surface area contributed by atoms with Crippen molar-refractivity contribution < 1.29 is 14.6 Å². The van der Waals surface area contributed by atoms with Gasteiger partial charge >= 0.3 is 5.97 Å².